The average molecular weight is 455 g/mol. The van der Waals surface area contributed by atoms with E-state index < -0.39 is 16.3 Å². The van der Waals surface area contributed by atoms with Gasteiger partial charge in [0, 0.05) is 0 Å². The van der Waals surface area contributed by atoms with Crippen molar-refractivity contribution in [3.8, 4) is 0 Å². The molecule has 9 heteroatoms. The monoisotopic (exact) mass is 454 g/mol. The number of carboxylic acid groups (broad SMARTS) is 2. The molecule has 2 N–H and O–H groups in total. The zero-order valence-electron chi connectivity index (χ0n) is 20.3. The van der Waals surface area contributed by atoms with Crippen LogP contribution in [0.1, 0.15) is 75.4 Å². The van der Waals surface area contributed by atoms with Crippen molar-refractivity contribution >= 4 is 54.0 Å². The van der Waals surface area contributed by atoms with Gasteiger partial charge in [0.05, 0.1) is 11.5 Å². The van der Waals surface area contributed by atoms with E-state index in [-0.39, 0.29) is 83.1 Å². The maximum Gasteiger partial charge on any atom is 2.00 e. The van der Waals surface area contributed by atoms with Crippen molar-refractivity contribution in [1.82, 2.24) is 0 Å². The normalized spacial score (nSPS) is 10.0. The summed E-state index contributed by atoms with van der Waals surface area (Å²) in [5.74, 6) is 0. The summed E-state index contributed by atoms with van der Waals surface area (Å²) in [6, 6.07) is 8.33. The summed E-state index contributed by atoms with van der Waals surface area (Å²) in [6.45, 7) is 2.52. The van der Waals surface area contributed by atoms with Crippen LogP contribution in [0.2, 0.25) is 0 Å². The number of rotatable bonds is 13. The van der Waals surface area contributed by atoms with Gasteiger partial charge in [0.1, 0.15) is 0 Å². The van der Waals surface area contributed by atoms with Crippen LogP contribution in [-0.2, 0) is 14.3 Å². The van der Waals surface area contributed by atoms with Gasteiger partial charge < -0.3 is 14.5 Å². The third kappa shape index (κ3) is 21.4. The molecule has 0 aliphatic heterocycles. The number of benzene rings is 1. The number of unbranched alkanes of at least 4 members (excludes halogenated alkanes) is 9. The van der Waals surface area contributed by atoms with Gasteiger partial charge in [-0.1, -0.05) is 82.9 Å². The number of hydrogen-bond donors (Lipinski definition) is 2. The molecule has 0 heterocycles. The molecule has 0 amide bonds. The molecule has 1 aromatic carbocycles. The van der Waals surface area contributed by atoms with E-state index in [9.17, 15) is 8.42 Å². The fraction of sp³-hybridized carbons (Fsp3) is 0.632. The van der Waals surface area contributed by atoms with E-state index in [2.05, 4.69) is 6.92 Å². The van der Waals surface area contributed by atoms with Gasteiger partial charge in [-0.05, 0) is 18.6 Å². The maximum absolute atomic E-state index is 11.9. The van der Waals surface area contributed by atoms with Gasteiger partial charge in [0.2, 0.25) is 0 Å². The zero-order valence-corrected chi connectivity index (χ0v) is 22.3. The minimum atomic E-state index is -3.57. The first kappa shape index (κ1) is 33.3. The Kier molecular flexibility index (Phi) is 26.6. The molecule has 28 heavy (non-hydrogen) atoms. The Hall–Kier alpha value is 0.660. The maximum atomic E-state index is 11.9. The summed E-state index contributed by atoms with van der Waals surface area (Å²) in [5.41, 5.74) is 0. The van der Waals surface area contributed by atoms with Gasteiger partial charge in [0.25, 0.3) is 10.1 Å². The summed E-state index contributed by atoms with van der Waals surface area (Å²) in [5, 5.41) is 13.9. The molecule has 0 saturated heterocycles. The van der Waals surface area contributed by atoms with E-state index in [1.165, 1.54) is 51.4 Å². The standard InChI is InChI=1S/C18H30O3S.CH2O3.Ca.Na.3H/c1-2-3-4-5-6-7-8-9-10-14-17-21-22(19,20)18-15-12-11-13-16-18;2-1(3)4;;;;;/h11-13,15-16H,2-10,14,17H2,1H3;(H2,2,3,4);;;;;/q;;+2;+1;3*-1. The molecule has 0 fully saturated rings. The van der Waals surface area contributed by atoms with Crippen molar-refractivity contribution < 1.29 is 61.4 Å². The molecule has 1 rings (SSSR count). The van der Waals surface area contributed by atoms with Crippen molar-refractivity contribution in [2.45, 2.75) is 76.0 Å². The Balaban J connectivity index is -0.000000160. The van der Waals surface area contributed by atoms with Crippen LogP contribution in [-0.4, -0.2) is 69.1 Å². The fourth-order valence-electron chi connectivity index (χ4n) is 2.41. The Labute approximate surface area is 226 Å². The van der Waals surface area contributed by atoms with Crippen molar-refractivity contribution in [3.63, 3.8) is 0 Å². The summed E-state index contributed by atoms with van der Waals surface area (Å²) < 4.78 is 28.8. The van der Waals surface area contributed by atoms with Gasteiger partial charge in [0.15, 0.2) is 0 Å². The minimum absolute atomic E-state index is 0. The second-order valence-electron chi connectivity index (χ2n) is 6.05. The molecule has 0 bridgehead atoms. The topological polar surface area (TPSA) is 101 Å². The van der Waals surface area contributed by atoms with E-state index in [4.69, 9.17) is 19.2 Å². The molecule has 1 aromatic rings. The molecule has 0 aliphatic rings. The van der Waals surface area contributed by atoms with Gasteiger partial charge in [-0.25, -0.2) is 4.79 Å². The molecule has 0 spiro atoms. The predicted octanol–water partition coefficient (Wildman–Crippen LogP) is 2.50. The van der Waals surface area contributed by atoms with Crippen LogP contribution < -0.4 is 29.6 Å². The van der Waals surface area contributed by atoms with E-state index in [0.717, 1.165) is 12.8 Å². The van der Waals surface area contributed by atoms with Crippen molar-refractivity contribution in [3.05, 3.63) is 30.3 Å². The largest absolute Gasteiger partial charge is 2.00 e. The third-order valence-corrected chi connectivity index (χ3v) is 5.09. The van der Waals surface area contributed by atoms with Gasteiger partial charge in [-0.2, -0.15) is 8.42 Å². The minimum Gasteiger partial charge on any atom is -1.00 e. The first-order valence-corrected chi connectivity index (χ1v) is 10.7. The number of carbonyl (C=O) groups is 1. The van der Waals surface area contributed by atoms with Crippen LogP contribution in [0.25, 0.3) is 0 Å². The quantitative estimate of drug-likeness (QED) is 0.270. The van der Waals surface area contributed by atoms with E-state index in [0.29, 0.717) is 0 Å². The van der Waals surface area contributed by atoms with Crippen LogP contribution in [0.15, 0.2) is 35.2 Å². The molecule has 0 saturated carbocycles. The van der Waals surface area contributed by atoms with Gasteiger partial charge >= 0.3 is 73.5 Å². The smallest absolute Gasteiger partial charge is 1.00 e. The van der Waals surface area contributed by atoms with E-state index in [1.54, 1.807) is 30.3 Å². The van der Waals surface area contributed by atoms with Crippen LogP contribution in [0, 0.1) is 0 Å². The van der Waals surface area contributed by atoms with Crippen molar-refractivity contribution in [2.75, 3.05) is 6.61 Å². The molecule has 6 nitrogen and oxygen atoms in total. The average Bonchev–Trinajstić information content (AvgIpc) is 2.60. The second-order valence-corrected chi connectivity index (χ2v) is 7.67. The Morgan fingerprint density at radius 2 is 1.29 bits per heavy atom. The molecular weight excluding hydrogens is 419 g/mol. The molecule has 0 radical (unpaired) electrons. The molecule has 156 valence electrons. The Bertz CT molecular complexity index is 579. The van der Waals surface area contributed by atoms with Crippen LogP contribution in [0.5, 0.6) is 0 Å². The molecule has 0 atom stereocenters. The second kappa shape index (κ2) is 22.3. The SMILES string of the molecule is CCCCCCCCCCCCOS(=O)(=O)c1ccccc1.O=C(O)O.[Ca+2].[H-].[H-].[H-].[Na+]. The van der Waals surface area contributed by atoms with Crippen molar-refractivity contribution in [2.24, 2.45) is 0 Å². The third-order valence-electron chi connectivity index (χ3n) is 3.77. The van der Waals surface area contributed by atoms with Gasteiger partial charge in [-0.3, -0.25) is 4.18 Å². The summed E-state index contributed by atoms with van der Waals surface area (Å²) in [6.07, 6.45) is 10.4. The van der Waals surface area contributed by atoms with Crippen LogP contribution in [0.3, 0.4) is 0 Å². The summed E-state index contributed by atoms with van der Waals surface area (Å²) in [7, 11) is -3.57. The zero-order chi connectivity index (χ0) is 19.7. The molecule has 0 aromatic heterocycles. The van der Waals surface area contributed by atoms with Crippen LogP contribution >= 0.6 is 0 Å². The number of hydrogen-bond acceptors (Lipinski definition) is 4. The van der Waals surface area contributed by atoms with Crippen LogP contribution in [0.4, 0.5) is 4.79 Å². The first-order chi connectivity index (χ1) is 12.4. The van der Waals surface area contributed by atoms with Crippen molar-refractivity contribution in [1.29, 1.82) is 0 Å². The first-order valence-electron chi connectivity index (χ1n) is 9.26. The van der Waals surface area contributed by atoms with E-state index >= 15 is 0 Å². The summed E-state index contributed by atoms with van der Waals surface area (Å²) >= 11 is 0. The Morgan fingerprint density at radius 3 is 1.71 bits per heavy atom. The fourth-order valence-corrected chi connectivity index (χ4v) is 3.38. The molecule has 0 unspecified atom stereocenters. The summed E-state index contributed by atoms with van der Waals surface area (Å²) in [4.78, 5) is 8.79. The van der Waals surface area contributed by atoms with E-state index in [1.807, 2.05) is 0 Å². The molecule has 0 aliphatic carbocycles. The Morgan fingerprint density at radius 1 is 0.893 bits per heavy atom. The predicted molar refractivity (Wildman–Crippen MR) is 111 cm³/mol. The molecular formula is C19H35CaNaO6S. The van der Waals surface area contributed by atoms with Gasteiger partial charge in [-0.15, -0.1) is 0 Å².